The van der Waals surface area contributed by atoms with E-state index in [9.17, 15) is 18.0 Å². The van der Waals surface area contributed by atoms with Crippen LogP contribution in [0.4, 0.5) is 13.2 Å². The second-order valence-electron chi connectivity index (χ2n) is 10.3. The summed E-state index contributed by atoms with van der Waals surface area (Å²) in [6.45, 7) is 7.38. The number of para-hydroxylation sites is 1. The molecule has 6 rings (SSSR count). The normalized spacial score (nSPS) is 17.9. The first kappa shape index (κ1) is 27.8. The van der Waals surface area contributed by atoms with Crippen molar-refractivity contribution in [2.45, 2.75) is 50.9 Å². The number of halogens is 3. The quantitative estimate of drug-likeness (QED) is 0.494. The summed E-state index contributed by atoms with van der Waals surface area (Å²) < 4.78 is 46.2. The molecule has 5 heterocycles. The average Bonchev–Trinajstić information content (AvgIpc) is 3.69. The summed E-state index contributed by atoms with van der Waals surface area (Å²) in [6, 6.07) is 11.9. The molecule has 1 amide bonds. The van der Waals surface area contributed by atoms with E-state index < -0.39 is 17.7 Å². The van der Waals surface area contributed by atoms with Crippen molar-refractivity contribution in [3.05, 3.63) is 59.7 Å². The Hall–Kier alpha value is -3.80. The van der Waals surface area contributed by atoms with Crippen molar-refractivity contribution in [3.8, 4) is 17.0 Å². The van der Waals surface area contributed by atoms with Crippen LogP contribution in [-0.2, 0) is 16.9 Å². The fraction of sp³-hybridized carbons (Fsp3) is 0.464. The highest BCUT2D eigenvalue weighted by Crippen LogP contribution is 2.49. The van der Waals surface area contributed by atoms with Crippen molar-refractivity contribution in [2.75, 3.05) is 32.7 Å². The number of piperidine rings is 1. The molecule has 0 atom stereocenters. The van der Waals surface area contributed by atoms with Crippen molar-refractivity contribution in [1.82, 2.24) is 19.6 Å². The number of benzene rings is 1. The Morgan fingerprint density at radius 2 is 1.70 bits per heavy atom. The number of fused-ring (bicyclic) bond motifs is 4. The van der Waals surface area contributed by atoms with E-state index in [0.717, 1.165) is 48.6 Å². The van der Waals surface area contributed by atoms with Crippen LogP contribution in [0.3, 0.4) is 0 Å². The van der Waals surface area contributed by atoms with Gasteiger partial charge >= 0.3 is 12.1 Å². The van der Waals surface area contributed by atoms with Crippen LogP contribution >= 0.6 is 0 Å². The summed E-state index contributed by atoms with van der Waals surface area (Å²) in [5.74, 6) is -0.726. The zero-order chi connectivity index (χ0) is 28.5. The number of carboxylic acid groups (broad SMARTS) is 1. The van der Waals surface area contributed by atoms with Crippen LogP contribution in [0.5, 0.6) is 5.75 Å². The molecule has 1 aromatic carbocycles. The van der Waals surface area contributed by atoms with Gasteiger partial charge in [0.1, 0.15) is 17.1 Å². The monoisotopic (exact) mass is 560 g/mol. The fourth-order valence-electron chi connectivity index (χ4n) is 5.58. The minimum atomic E-state index is -5.08. The lowest BCUT2D eigenvalue weighted by atomic mass is 9.81. The Bertz CT molecular complexity index is 1370. The largest absolute Gasteiger partial charge is 0.490 e. The number of carbonyl (C=O) groups excluding carboxylic acids is 1. The van der Waals surface area contributed by atoms with Crippen molar-refractivity contribution in [3.63, 3.8) is 0 Å². The summed E-state index contributed by atoms with van der Waals surface area (Å²) in [7, 11) is 0. The molecule has 3 aliphatic heterocycles. The molecule has 40 heavy (non-hydrogen) atoms. The number of likely N-dealkylation sites (tertiary alicyclic amines) is 2. The Balaban J connectivity index is 0.000000411. The first-order chi connectivity index (χ1) is 19.1. The van der Waals surface area contributed by atoms with E-state index >= 15 is 0 Å². The van der Waals surface area contributed by atoms with Gasteiger partial charge in [-0.3, -0.25) is 9.48 Å². The smallest absolute Gasteiger partial charge is 0.482 e. The van der Waals surface area contributed by atoms with E-state index in [1.807, 2.05) is 30.2 Å². The molecule has 0 aliphatic carbocycles. The maximum atomic E-state index is 12.9. The van der Waals surface area contributed by atoms with Crippen LogP contribution in [0.2, 0.25) is 0 Å². The standard InChI is InChI=1S/C26H30N4O3.C2HF3O2/c1-19-8-9-23(32-19)25(31)29-14-10-26(11-15-29)21-18-27-30(17-16-28-12-4-5-13-28)24(21)20-6-2-3-7-22(20)33-26;3-2(4,5)1(6)7/h2-3,6-9,18H,4-5,10-17H2,1H3;(H,6,7). The third-order valence-corrected chi connectivity index (χ3v) is 7.66. The molecule has 214 valence electrons. The van der Waals surface area contributed by atoms with Crippen LogP contribution in [0.15, 0.2) is 47.0 Å². The predicted molar refractivity (Wildman–Crippen MR) is 138 cm³/mol. The van der Waals surface area contributed by atoms with Gasteiger partial charge in [-0.1, -0.05) is 12.1 Å². The van der Waals surface area contributed by atoms with E-state index in [-0.39, 0.29) is 5.91 Å². The van der Waals surface area contributed by atoms with E-state index in [0.29, 0.717) is 18.8 Å². The number of hydrogen-bond acceptors (Lipinski definition) is 6. The van der Waals surface area contributed by atoms with Gasteiger partial charge in [0.2, 0.25) is 0 Å². The number of rotatable bonds is 4. The maximum Gasteiger partial charge on any atom is 0.490 e. The first-order valence-corrected chi connectivity index (χ1v) is 13.3. The molecular formula is C28H31F3N4O5. The minimum absolute atomic E-state index is 0.0457. The maximum absolute atomic E-state index is 12.9. The second-order valence-corrected chi connectivity index (χ2v) is 10.3. The van der Waals surface area contributed by atoms with Gasteiger partial charge < -0.3 is 24.1 Å². The average molecular weight is 561 g/mol. The summed E-state index contributed by atoms with van der Waals surface area (Å²) >= 11 is 0. The second kappa shape index (κ2) is 11.0. The number of furan rings is 1. The molecule has 3 aromatic rings. The lowest BCUT2D eigenvalue weighted by molar-refractivity contribution is -0.192. The van der Waals surface area contributed by atoms with Crippen molar-refractivity contribution in [2.24, 2.45) is 0 Å². The molecule has 12 heteroatoms. The molecule has 0 radical (unpaired) electrons. The third kappa shape index (κ3) is 5.58. The number of amides is 1. The molecular weight excluding hydrogens is 529 g/mol. The summed E-state index contributed by atoms with van der Waals surface area (Å²) in [5, 5.41) is 12.0. The zero-order valence-corrected chi connectivity index (χ0v) is 22.1. The summed E-state index contributed by atoms with van der Waals surface area (Å²) in [4.78, 5) is 26.2. The van der Waals surface area contributed by atoms with Crippen molar-refractivity contribution in [1.29, 1.82) is 0 Å². The number of aliphatic carboxylic acids is 1. The van der Waals surface area contributed by atoms with Gasteiger partial charge in [-0.25, -0.2) is 4.79 Å². The van der Waals surface area contributed by atoms with Gasteiger partial charge in [-0.2, -0.15) is 18.3 Å². The molecule has 2 fully saturated rings. The lowest BCUT2D eigenvalue weighted by Crippen LogP contribution is -2.49. The van der Waals surface area contributed by atoms with Gasteiger partial charge in [0.15, 0.2) is 5.76 Å². The number of ether oxygens (including phenoxy) is 1. The third-order valence-electron chi connectivity index (χ3n) is 7.66. The summed E-state index contributed by atoms with van der Waals surface area (Å²) in [6.07, 6.45) is 0.978. The van der Waals surface area contributed by atoms with Gasteiger partial charge in [0.25, 0.3) is 5.91 Å². The number of aromatic nitrogens is 2. The van der Waals surface area contributed by atoms with Crippen LogP contribution in [0.1, 0.15) is 47.6 Å². The zero-order valence-electron chi connectivity index (χ0n) is 22.1. The van der Waals surface area contributed by atoms with Gasteiger partial charge in [-0.05, 0) is 57.1 Å². The highest BCUT2D eigenvalue weighted by atomic mass is 19.4. The molecule has 1 N–H and O–H groups in total. The molecule has 2 saturated heterocycles. The molecule has 0 bridgehead atoms. The van der Waals surface area contributed by atoms with E-state index in [2.05, 4.69) is 27.8 Å². The topological polar surface area (TPSA) is 101 Å². The fourth-order valence-corrected chi connectivity index (χ4v) is 5.58. The number of nitrogens with zero attached hydrogens (tertiary/aromatic N) is 4. The highest BCUT2D eigenvalue weighted by Gasteiger charge is 2.46. The Labute approximate surface area is 229 Å². The van der Waals surface area contributed by atoms with Crippen molar-refractivity contribution >= 4 is 11.9 Å². The van der Waals surface area contributed by atoms with E-state index in [1.165, 1.54) is 31.6 Å². The van der Waals surface area contributed by atoms with Crippen LogP contribution in [-0.4, -0.2) is 75.5 Å². The van der Waals surface area contributed by atoms with Crippen LogP contribution in [0, 0.1) is 6.92 Å². The lowest BCUT2D eigenvalue weighted by Gasteiger charge is -2.44. The molecule has 2 aromatic heterocycles. The first-order valence-electron chi connectivity index (χ1n) is 13.3. The molecule has 9 nitrogen and oxygen atoms in total. The van der Waals surface area contributed by atoms with Gasteiger partial charge in [-0.15, -0.1) is 0 Å². The molecule has 0 unspecified atom stereocenters. The molecule has 3 aliphatic rings. The SMILES string of the molecule is Cc1ccc(C(=O)N2CCC3(CC2)Oc2ccccc2-c2c3cnn2CCN2CCCC2)o1.O=C(O)C(F)(F)F. The highest BCUT2D eigenvalue weighted by molar-refractivity contribution is 5.91. The van der Waals surface area contributed by atoms with E-state index in [4.69, 9.17) is 24.2 Å². The molecule has 0 saturated carbocycles. The van der Waals surface area contributed by atoms with Crippen molar-refractivity contribution < 1.29 is 37.0 Å². The number of carboxylic acids is 1. The number of hydrogen-bond donors (Lipinski definition) is 1. The predicted octanol–water partition coefficient (Wildman–Crippen LogP) is 4.70. The number of carbonyl (C=O) groups is 2. The van der Waals surface area contributed by atoms with Gasteiger partial charge in [0, 0.05) is 43.6 Å². The Kier molecular flexibility index (Phi) is 7.63. The van der Waals surface area contributed by atoms with Crippen LogP contribution < -0.4 is 4.74 Å². The molecule has 1 spiro atoms. The summed E-state index contributed by atoms with van der Waals surface area (Å²) in [5.41, 5.74) is 2.99. The number of alkyl halides is 3. The van der Waals surface area contributed by atoms with Crippen LogP contribution in [0.25, 0.3) is 11.3 Å². The Morgan fingerprint density at radius 1 is 1.02 bits per heavy atom. The van der Waals surface area contributed by atoms with Gasteiger partial charge in [0.05, 0.1) is 18.4 Å². The number of aryl methyl sites for hydroxylation is 1. The van der Waals surface area contributed by atoms with E-state index in [1.54, 1.807) is 6.07 Å². The Morgan fingerprint density at radius 3 is 2.33 bits per heavy atom. The minimum Gasteiger partial charge on any atom is -0.482 e.